The van der Waals surface area contributed by atoms with E-state index in [9.17, 15) is 8.78 Å². The zero-order valence-electron chi connectivity index (χ0n) is 17.2. The van der Waals surface area contributed by atoms with E-state index in [2.05, 4.69) is 51.7 Å². The van der Waals surface area contributed by atoms with E-state index >= 15 is 0 Å². The molecule has 0 unspecified atom stereocenters. The molecular weight excluding hydrogens is 370 g/mol. The minimum atomic E-state index is -0.415. The van der Waals surface area contributed by atoms with Gasteiger partial charge in [-0.25, -0.2) is 8.78 Å². The summed E-state index contributed by atoms with van der Waals surface area (Å²) in [5, 5.41) is 6.66. The highest BCUT2D eigenvalue weighted by Gasteiger charge is 2.20. The number of benzene rings is 2. The lowest BCUT2D eigenvalue weighted by atomic mass is 10.0. The highest BCUT2D eigenvalue weighted by Crippen LogP contribution is 2.15. The molecule has 0 radical (unpaired) electrons. The topological polar surface area (TPSA) is 39.7 Å². The summed E-state index contributed by atoms with van der Waals surface area (Å²) >= 11 is 0. The van der Waals surface area contributed by atoms with Crippen molar-refractivity contribution in [3.63, 3.8) is 0 Å². The van der Waals surface area contributed by atoms with E-state index in [4.69, 9.17) is 0 Å². The van der Waals surface area contributed by atoms with E-state index in [1.165, 1.54) is 23.3 Å². The molecule has 0 atom stereocenters. The minimum absolute atomic E-state index is 0.362. The van der Waals surface area contributed by atoms with Gasteiger partial charge in [0.25, 0.3) is 0 Å². The molecule has 1 fully saturated rings. The third-order valence-electron chi connectivity index (χ3n) is 5.34. The van der Waals surface area contributed by atoms with Crippen molar-refractivity contribution < 1.29 is 8.78 Å². The van der Waals surface area contributed by atoms with Crippen LogP contribution < -0.4 is 10.6 Å². The molecule has 0 aromatic heterocycles. The van der Waals surface area contributed by atoms with Gasteiger partial charge in [0.05, 0.1) is 0 Å². The molecule has 0 amide bonds. The quantitative estimate of drug-likeness (QED) is 0.574. The number of aliphatic imine (C=N–C) groups is 1. The Kier molecular flexibility index (Phi) is 7.58. The number of guanidine groups is 1. The Morgan fingerprint density at radius 3 is 2.66 bits per heavy atom. The second-order valence-electron chi connectivity index (χ2n) is 7.67. The smallest absolute Gasteiger partial charge is 0.191 e. The predicted octanol–water partition coefficient (Wildman–Crippen LogP) is 3.65. The molecule has 1 saturated heterocycles. The molecule has 0 bridgehead atoms. The van der Waals surface area contributed by atoms with Crippen LogP contribution in [0.15, 0.2) is 47.5 Å². The van der Waals surface area contributed by atoms with Gasteiger partial charge in [-0.05, 0) is 55.5 Å². The van der Waals surface area contributed by atoms with Crippen LogP contribution in [0, 0.1) is 18.6 Å². The zero-order chi connectivity index (χ0) is 20.6. The predicted molar refractivity (Wildman–Crippen MR) is 114 cm³/mol. The van der Waals surface area contributed by atoms with Gasteiger partial charge in [0, 0.05) is 39.3 Å². The fourth-order valence-corrected chi connectivity index (χ4v) is 3.74. The molecule has 29 heavy (non-hydrogen) atoms. The molecule has 156 valence electrons. The molecule has 2 aromatic carbocycles. The fraction of sp³-hybridized carbons (Fsp3) is 0.435. The first-order valence-corrected chi connectivity index (χ1v) is 10.2. The molecule has 0 spiro atoms. The number of hydrogen-bond donors (Lipinski definition) is 2. The van der Waals surface area contributed by atoms with Crippen LogP contribution in [0.25, 0.3) is 0 Å². The van der Waals surface area contributed by atoms with Gasteiger partial charge in [-0.1, -0.05) is 29.8 Å². The van der Waals surface area contributed by atoms with Crippen LogP contribution in [0.2, 0.25) is 0 Å². The number of likely N-dealkylation sites (tertiary alicyclic amines) is 1. The van der Waals surface area contributed by atoms with Crippen LogP contribution in [0.1, 0.15) is 29.5 Å². The number of nitrogens with one attached hydrogen (secondary N) is 2. The molecule has 6 heteroatoms. The molecule has 1 aliphatic heterocycles. The fourth-order valence-electron chi connectivity index (χ4n) is 3.74. The number of hydrogen-bond acceptors (Lipinski definition) is 2. The van der Waals surface area contributed by atoms with Crippen LogP contribution in [0.5, 0.6) is 0 Å². The monoisotopic (exact) mass is 400 g/mol. The summed E-state index contributed by atoms with van der Waals surface area (Å²) in [5.41, 5.74) is 3.03. The maximum Gasteiger partial charge on any atom is 0.191 e. The summed E-state index contributed by atoms with van der Waals surface area (Å²) in [6.45, 7) is 5.68. The normalized spacial score (nSPS) is 16.1. The maximum absolute atomic E-state index is 13.7. The van der Waals surface area contributed by atoms with Crippen molar-refractivity contribution in [1.29, 1.82) is 0 Å². The van der Waals surface area contributed by atoms with Gasteiger partial charge in [0.2, 0.25) is 0 Å². The van der Waals surface area contributed by atoms with Gasteiger partial charge in [0.1, 0.15) is 11.6 Å². The minimum Gasteiger partial charge on any atom is -0.356 e. The van der Waals surface area contributed by atoms with Gasteiger partial charge < -0.3 is 10.6 Å². The lowest BCUT2D eigenvalue weighted by molar-refractivity contribution is 0.198. The molecule has 3 rings (SSSR count). The first kappa shape index (κ1) is 21.2. The number of nitrogens with zero attached hydrogens (tertiary/aromatic N) is 2. The van der Waals surface area contributed by atoms with Crippen molar-refractivity contribution in [3.05, 3.63) is 70.8 Å². The van der Waals surface area contributed by atoms with Crippen molar-refractivity contribution in [1.82, 2.24) is 15.5 Å². The van der Waals surface area contributed by atoms with Crippen molar-refractivity contribution >= 4 is 5.96 Å². The van der Waals surface area contributed by atoms with E-state index in [-0.39, 0.29) is 5.82 Å². The molecule has 4 nitrogen and oxygen atoms in total. The first-order chi connectivity index (χ1) is 14.0. The third-order valence-corrected chi connectivity index (χ3v) is 5.34. The van der Waals surface area contributed by atoms with Gasteiger partial charge in [-0.15, -0.1) is 0 Å². The average molecular weight is 401 g/mol. The average Bonchev–Trinajstić information content (AvgIpc) is 2.71. The standard InChI is InChI=1S/C23H30F2N4/c1-17-4-3-5-18(14-17)16-29-12-9-21(10-13-29)28-23(26-2)27-11-8-19-15-20(24)6-7-22(19)25/h3-7,14-15,21H,8-13,16H2,1-2H3,(H2,26,27,28). The summed E-state index contributed by atoms with van der Waals surface area (Å²) in [7, 11) is 1.73. The van der Waals surface area contributed by atoms with Crippen molar-refractivity contribution in [2.75, 3.05) is 26.7 Å². The van der Waals surface area contributed by atoms with E-state index in [1.807, 2.05) is 0 Å². The Labute approximate surface area is 172 Å². The molecule has 0 aliphatic carbocycles. The summed E-state index contributed by atoms with van der Waals surface area (Å²) in [5.74, 6) is -0.0857. The largest absolute Gasteiger partial charge is 0.356 e. The molecule has 2 aromatic rings. The Hall–Kier alpha value is -2.47. The SMILES string of the molecule is CN=C(NCCc1cc(F)ccc1F)NC1CCN(Cc2cccc(C)c2)CC1. The molecule has 2 N–H and O–H groups in total. The van der Waals surface area contributed by atoms with Gasteiger partial charge in [-0.3, -0.25) is 9.89 Å². The van der Waals surface area contributed by atoms with E-state index < -0.39 is 5.82 Å². The molecular formula is C23H30F2N4. The molecule has 0 saturated carbocycles. The van der Waals surface area contributed by atoms with Crippen LogP contribution in [-0.4, -0.2) is 43.6 Å². The van der Waals surface area contributed by atoms with Crippen molar-refractivity contribution in [2.45, 2.75) is 38.8 Å². The van der Waals surface area contributed by atoms with E-state index in [1.54, 1.807) is 7.05 Å². The second kappa shape index (κ2) is 10.3. The van der Waals surface area contributed by atoms with Crippen LogP contribution in [-0.2, 0) is 13.0 Å². The Balaban J connectivity index is 1.41. The van der Waals surface area contributed by atoms with Crippen molar-refractivity contribution in [3.8, 4) is 0 Å². The summed E-state index contributed by atoms with van der Waals surface area (Å²) in [6, 6.07) is 12.6. The number of halogens is 2. The molecule has 1 heterocycles. The summed E-state index contributed by atoms with van der Waals surface area (Å²) in [6.07, 6.45) is 2.50. The highest BCUT2D eigenvalue weighted by molar-refractivity contribution is 5.79. The first-order valence-electron chi connectivity index (χ1n) is 10.2. The van der Waals surface area contributed by atoms with Gasteiger partial charge in [-0.2, -0.15) is 0 Å². The zero-order valence-corrected chi connectivity index (χ0v) is 17.2. The van der Waals surface area contributed by atoms with Gasteiger partial charge >= 0.3 is 0 Å². The Bertz CT molecular complexity index is 829. The summed E-state index contributed by atoms with van der Waals surface area (Å²) < 4.78 is 27.0. The Morgan fingerprint density at radius 2 is 1.93 bits per heavy atom. The van der Waals surface area contributed by atoms with Crippen LogP contribution in [0.3, 0.4) is 0 Å². The van der Waals surface area contributed by atoms with Crippen LogP contribution >= 0.6 is 0 Å². The van der Waals surface area contributed by atoms with Crippen LogP contribution in [0.4, 0.5) is 8.78 Å². The second-order valence-corrected chi connectivity index (χ2v) is 7.67. The maximum atomic E-state index is 13.7. The van der Waals surface area contributed by atoms with E-state index in [0.29, 0.717) is 30.5 Å². The highest BCUT2D eigenvalue weighted by atomic mass is 19.1. The lowest BCUT2D eigenvalue weighted by Crippen LogP contribution is -2.48. The third kappa shape index (κ3) is 6.53. The summed E-state index contributed by atoms with van der Waals surface area (Å²) in [4.78, 5) is 6.74. The Morgan fingerprint density at radius 1 is 1.14 bits per heavy atom. The van der Waals surface area contributed by atoms with Crippen molar-refractivity contribution in [2.24, 2.45) is 4.99 Å². The van der Waals surface area contributed by atoms with Gasteiger partial charge in [0.15, 0.2) is 5.96 Å². The number of rotatable bonds is 6. The number of aryl methyl sites for hydroxylation is 1. The molecule has 1 aliphatic rings. The number of piperidine rings is 1. The lowest BCUT2D eigenvalue weighted by Gasteiger charge is -2.33. The van der Waals surface area contributed by atoms with E-state index in [0.717, 1.165) is 38.5 Å².